The van der Waals surface area contributed by atoms with Crippen LogP contribution in [0.4, 0.5) is 0 Å². The monoisotopic (exact) mass is 293 g/mol. The molecule has 1 aromatic rings. The molecule has 4 N–H and O–H groups in total. The fourth-order valence-corrected chi connectivity index (χ4v) is 1.76. The molecular formula is C14H23N5S. The molecule has 0 saturated heterocycles. The van der Waals surface area contributed by atoms with Gasteiger partial charge in [0.05, 0.1) is 12.2 Å². The third kappa shape index (κ3) is 7.68. The van der Waals surface area contributed by atoms with Crippen LogP contribution in [0.5, 0.6) is 0 Å². The first-order chi connectivity index (χ1) is 9.72. The quantitative estimate of drug-likeness (QED) is 0.310. The van der Waals surface area contributed by atoms with Crippen LogP contribution in [0.15, 0.2) is 29.4 Å². The van der Waals surface area contributed by atoms with Gasteiger partial charge in [-0.05, 0) is 30.8 Å². The molecule has 0 saturated carbocycles. The second-order valence-electron chi connectivity index (χ2n) is 4.46. The lowest BCUT2D eigenvalue weighted by atomic mass is 10.2. The summed E-state index contributed by atoms with van der Waals surface area (Å²) >= 11 is 4.85. The minimum Gasteiger partial charge on any atom is -0.376 e. The molecular weight excluding hydrogens is 270 g/mol. The van der Waals surface area contributed by atoms with Crippen LogP contribution in [0.1, 0.15) is 38.3 Å². The zero-order valence-corrected chi connectivity index (χ0v) is 12.7. The van der Waals surface area contributed by atoms with Gasteiger partial charge in [-0.2, -0.15) is 0 Å². The van der Waals surface area contributed by atoms with E-state index in [0.29, 0.717) is 12.5 Å². The Bertz CT molecular complexity index is 419. The summed E-state index contributed by atoms with van der Waals surface area (Å²) in [7, 11) is 0. The van der Waals surface area contributed by atoms with Crippen molar-refractivity contribution in [2.24, 2.45) is 10.7 Å². The van der Waals surface area contributed by atoms with Crippen molar-refractivity contribution in [1.82, 2.24) is 15.6 Å². The normalized spacial score (nSPS) is 11.2. The molecule has 0 aromatic carbocycles. The van der Waals surface area contributed by atoms with E-state index >= 15 is 0 Å². The van der Waals surface area contributed by atoms with E-state index < -0.39 is 0 Å². The second-order valence-corrected chi connectivity index (χ2v) is 4.90. The zero-order valence-electron chi connectivity index (χ0n) is 11.9. The SMILES string of the molecule is CCCCCCNC(=NCc1ccccn1)NC(N)=S. The number of thiocarbonyl (C=S) groups is 1. The number of hydrogen-bond donors (Lipinski definition) is 3. The first kappa shape index (κ1) is 16.4. The van der Waals surface area contributed by atoms with Crippen molar-refractivity contribution >= 4 is 23.3 Å². The summed E-state index contributed by atoms with van der Waals surface area (Å²) in [6, 6.07) is 5.76. The van der Waals surface area contributed by atoms with E-state index in [-0.39, 0.29) is 5.11 Å². The molecule has 110 valence electrons. The van der Waals surface area contributed by atoms with Crippen molar-refractivity contribution in [3.8, 4) is 0 Å². The average Bonchev–Trinajstić information content (AvgIpc) is 2.45. The minimum absolute atomic E-state index is 0.214. The van der Waals surface area contributed by atoms with Gasteiger partial charge in [-0.3, -0.25) is 4.98 Å². The molecule has 0 amide bonds. The first-order valence-corrected chi connectivity index (χ1v) is 7.38. The molecule has 0 radical (unpaired) electrons. The van der Waals surface area contributed by atoms with Crippen molar-refractivity contribution in [2.75, 3.05) is 6.54 Å². The largest absolute Gasteiger partial charge is 0.376 e. The average molecular weight is 293 g/mol. The molecule has 0 unspecified atom stereocenters. The van der Waals surface area contributed by atoms with Gasteiger partial charge in [-0.25, -0.2) is 4.99 Å². The van der Waals surface area contributed by atoms with Gasteiger partial charge in [0.25, 0.3) is 0 Å². The predicted molar refractivity (Wildman–Crippen MR) is 87.4 cm³/mol. The maximum absolute atomic E-state index is 5.50. The molecule has 0 atom stereocenters. The van der Waals surface area contributed by atoms with Gasteiger partial charge in [-0.15, -0.1) is 0 Å². The van der Waals surface area contributed by atoms with Crippen molar-refractivity contribution in [2.45, 2.75) is 39.2 Å². The summed E-state index contributed by atoms with van der Waals surface area (Å²) in [5, 5.41) is 6.30. The Labute approximate surface area is 126 Å². The third-order valence-corrected chi connectivity index (χ3v) is 2.79. The first-order valence-electron chi connectivity index (χ1n) is 6.97. The Kier molecular flexibility index (Phi) is 8.30. The van der Waals surface area contributed by atoms with Gasteiger partial charge in [0, 0.05) is 12.7 Å². The number of nitrogens with zero attached hydrogens (tertiary/aromatic N) is 2. The van der Waals surface area contributed by atoms with Gasteiger partial charge in [0.1, 0.15) is 0 Å². The Morgan fingerprint density at radius 1 is 1.35 bits per heavy atom. The number of nitrogens with one attached hydrogen (secondary N) is 2. The summed E-state index contributed by atoms with van der Waals surface area (Å²) in [5.74, 6) is 0.611. The highest BCUT2D eigenvalue weighted by Gasteiger charge is 2.00. The number of nitrogens with two attached hydrogens (primary N) is 1. The number of rotatable bonds is 7. The molecule has 1 aromatic heterocycles. The minimum atomic E-state index is 0.214. The van der Waals surface area contributed by atoms with E-state index in [1.165, 1.54) is 19.3 Å². The molecule has 0 spiro atoms. The van der Waals surface area contributed by atoms with E-state index in [9.17, 15) is 0 Å². The van der Waals surface area contributed by atoms with Crippen LogP contribution in [-0.4, -0.2) is 22.6 Å². The van der Waals surface area contributed by atoms with Gasteiger partial charge in [0.15, 0.2) is 11.1 Å². The van der Waals surface area contributed by atoms with Gasteiger partial charge in [-0.1, -0.05) is 32.3 Å². The number of unbranched alkanes of at least 4 members (excludes halogenated alkanes) is 3. The molecule has 1 heterocycles. The van der Waals surface area contributed by atoms with Crippen LogP contribution >= 0.6 is 12.2 Å². The van der Waals surface area contributed by atoms with E-state index in [2.05, 4.69) is 27.5 Å². The Morgan fingerprint density at radius 2 is 2.20 bits per heavy atom. The maximum Gasteiger partial charge on any atom is 0.197 e. The molecule has 1 rings (SSSR count). The molecule has 0 bridgehead atoms. The lowest BCUT2D eigenvalue weighted by Gasteiger charge is -2.11. The fraction of sp³-hybridized carbons (Fsp3) is 0.500. The summed E-state index contributed by atoms with van der Waals surface area (Å²) in [4.78, 5) is 8.64. The highest BCUT2D eigenvalue weighted by atomic mass is 32.1. The molecule has 0 aliphatic carbocycles. The summed E-state index contributed by atoms with van der Waals surface area (Å²) < 4.78 is 0. The summed E-state index contributed by atoms with van der Waals surface area (Å²) in [6.07, 6.45) is 6.56. The van der Waals surface area contributed by atoms with E-state index in [0.717, 1.165) is 18.7 Å². The van der Waals surface area contributed by atoms with E-state index in [4.69, 9.17) is 18.0 Å². The standard InChI is InChI=1S/C14H23N5S/c1-2-3-4-6-10-17-14(19-13(15)20)18-11-12-8-5-7-9-16-12/h5,7-9H,2-4,6,10-11H2,1H3,(H4,15,17,18,19,20). The second kappa shape index (κ2) is 10.1. The van der Waals surface area contributed by atoms with Crippen molar-refractivity contribution < 1.29 is 0 Å². The molecule has 0 fully saturated rings. The molecule has 6 heteroatoms. The molecule has 5 nitrogen and oxygen atoms in total. The van der Waals surface area contributed by atoms with Crippen LogP contribution in [0, 0.1) is 0 Å². The highest BCUT2D eigenvalue weighted by molar-refractivity contribution is 7.80. The third-order valence-electron chi connectivity index (χ3n) is 2.69. The van der Waals surface area contributed by atoms with Gasteiger partial charge < -0.3 is 16.4 Å². The zero-order chi connectivity index (χ0) is 14.6. The van der Waals surface area contributed by atoms with Gasteiger partial charge >= 0.3 is 0 Å². The lowest BCUT2D eigenvalue weighted by molar-refractivity contribution is 0.650. The fourth-order valence-electron chi connectivity index (χ4n) is 1.67. The van der Waals surface area contributed by atoms with Crippen molar-refractivity contribution in [3.63, 3.8) is 0 Å². The van der Waals surface area contributed by atoms with Crippen LogP contribution in [0.3, 0.4) is 0 Å². The van der Waals surface area contributed by atoms with E-state index in [1.807, 2.05) is 18.2 Å². The topological polar surface area (TPSA) is 75.3 Å². The molecule has 0 aliphatic heterocycles. The Morgan fingerprint density at radius 3 is 2.85 bits per heavy atom. The van der Waals surface area contributed by atoms with Crippen LogP contribution in [0.25, 0.3) is 0 Å². The number of guanidine groups is 1. The molecule has 0 aliphatic rings. The van der Waals surface area contributed by atoms with Crippen LogP contribution in [0.2, 0.25) is 0 Å². The van der Waals surface area contributed by atoms with Crippen LogP contribution in [-0.2, 0) is 6.54 Å². The maximum atomic E-state index is 5.50. The van der Waals surface area contributed by atoms with Gasteiger partial charge in [0.2, 0.25) is 0 Å². The van der Waals surface area contributed by atoms with Crippen molar-refractivity contribution in [3.05, 3.63) is 30.1 Å². The highest BCUT2D eigenvalue weighted by Crippen LogP contribution is 1.98. The summed E-state index contributed by atoms with van der Waals surface area (Å²) in [6.45, 7) is 3.55. The predicted octanol–water partition coefficient (Wildman–Crippen LogP) is 1.94. The molecule has 20 heavy (non-hydrogen) atoms. The Balaban J connectivity index is 2.44. The lowest BCUT2D eigenvalue weighted by Crippen LogP contribution is -2.43. The van der Waals surface area contributed by atoms with Crippen molar-refractivity contribution in [1.29, 1.82) is 0 Å². The number of hydrogen-bond acceptors (Lipinski definition) is 3. The van der Waals surface area contributed by atoms with E-state index in [1.54, 1.807) is 6.20 Å². The smallest absolute Gasteiger partial charge is 0.197 e. The Hall–Kier alpha value is -1.69. The number of pyridine rings is 1. The number of aliphatic imine (C=N–C) groups is 1. The number of aromatic nitrogens is 1. The van der Waals surface area contributed by atoms with Crippen LogP contribution < -0.4 is 16.4 Å². The summed E-state index contributed by atoms with van der Waals surface area (Å²) in [5.41, 5.74) is 6.40.